The molecule has 1 saturated carbocycles. The molecule has 0 spiro atoms. The van der Waals surface area contributed by atoms with Gasteiger partial charge in [0.15, 0.2) is 17.5 Å². The second-order valence-electron chi connectivity index (χ2n) is 6.68. The Morgan fingerprint density at radius 3 is 2.62 bits per heavy atom. The number of carbonyl (C=O) groups is 1. The molecular weight excluding hydrogens is 382 g/mol. The van der Waals surface area contributed by atoms with E-state index >= 15 is 0 Å². The molecule has 0 aromatic heterocycles. The minimum Gasteiger partial charge on any atom is -0.490 e. The molecule has 7 nitrogen and oxygen atoms in total. The van der Waals surface area contributed by atoms with Gasteiger partial charge in [0.25, 0.3) is 0 Å². The summed E-state index contributed by atoms with van der Waals surface area (Å²) in [6.45, 7) is 0.629. The fourth-order valence-corrected chi connectivity index (χ4v) is 2.91. The molecule has 0 heterocycles. The lowest BCUT2D eigenvalue weighted by molar-refractivity contribution is -0.127. The number of amides is 1. The van der Waals surface area contributed by atoms with Crippen molar-refractivity contribution in [3.8, 4) is 11.5 Å². The molecule has 3 N–H and O–H groups in total. The van der Waals surface area contributed by atoms with Crippen molar-refractivity contribution in [3.63, 3.8) is 0 Å². The van der Waals surface area contributed by atoms with Gasteiger partial charge in [0.2, 0.25) is 5.91 Å². The molecule has 9 heteroatoms. The summed E-state index contributed by atoms with van der Waals surface area (Å²) in [4.78, 5) is 15.9. The summed E-state index contributed by atoms with van der Waals surface area (Å²) in [5, 5.41) is 9.15. The molecule has 1 aliphatic rings. The number of para-hydroxylation sites is 1. The fourth-order valence-electron chi connectivity index (χ4n) is 2.91. The summed E-state index contributed by atoms with van der Waals surface area (Å²) in [7, 11) is 1.63. The van der Waals surface area contributed by atoms with Crippen LogP contribution in [0.2, 0.25) is 0 Å². The number of hydrogen-bond acceptors (Lipinski definition) is 4. The number of carbonyl (C=O) groups excluding carboxylic acids is 1. The molecule has 1 aliphatic carbocycles. The van der Waals surface area contributed by atoms with Gasteiger partial charge < -0.3 is 25.4 Å². The Kier molecular flexibility index (Phi) is 9.46. The van der Waals surface area contributed by atoms with Crippen LogP contribution in [0.5, 0.6) is 11.5 Å². The van der Waals surface area contributed by atoms with E-state index in [0.717, 1.165) is 25.7 Å². The van der Waals surface area contributed by atoms with Crippen molar-refractivity contribution in [1.82, 2.24) is 16.0 Å². The molecule has 0 unspecified atom stereocenters. The lowest BCUT2D eigenvalue weighted by atomic mass is 9.85. The molecular formula is C20H30F2N4O3. The fraction of sp³-hybridized carbons (Fsp3) is 0.600. The van der Waals surface area contributed by atoms with Crippen LogP contribution in [0.4, 0.5) is 8.78 Å². The molecule has 29 heavy (non-hydrogen) atoms. The Balaban J connectivity index is 1.79. The van der Waals surface area contributed by atoms with Crippen molar-refractivity contribution < 1.29 is 23.0 Å². The van der Waals surface area contributed by atoms with Crippen molar-refractivity contribution in [2.45, 2.75) is 45.8 Å². The molecule has 0 bridgehead atoms. The van der Waals surface area contributed by atoms with Crippen LogP contribution < -0.4 is 25.4 Å². The molecule has 2 rings (SSSR count). The summed E-state index contributed by atoms with van der Waals surface area (Å²) < 4.78 is 35.6. The van der Waals surface area contributed by atoms with Crippen molar-refractivity contribution in [3.05, 3.63) is 23.8 Å². The van der Waals surface area contributed by atoms with Gasteiger partial charge >= 0.3 is 6.61 Å². The van der Waals surface area contributed by atoms with Crippen molar-refractivity contribution in [2.24, 2.45) is 10.9 Å². The molecule has 1 amide bonds. The van der Waals surface area contributed by atoms with Crippen LogP contribution in [0.3, 0.4) is 0 Å². The number of alkyl halides is 2. The van der Waals surface area contributed by atoms with Crippen molar-refractivity contribution >= 4 is 11.9 Å². The maximum atomic E-state index is 12.8. The largest absolute Gasteiger partial charge is 0.490 e. The second kappa shape index (κ2) is 12.1. The van der Waals surface area contributed by atoms with E-state index in [2.05, 4.69) is 25.7 Å². The second-order valence-corrected chi connectivity index (χ2v) is 6.68. The van der Waals surface area contributed by atoms with Gasteiger partial charge in [0.05, 0.1) is 6.61 Å². The first kappa shape index (κ1) is 22.7. The number of guanidine groups is 1. The highest BCUT2D eigenvalue weighted by atomic mass is 19.3. The number of rotatable bonds is 11. The third kappa shape index (κ3) is 7.40. The molecule has 0 saturated heterocycles. The third-order valence-corrected chi connectivity index (χ3v) is 4.66. The molecule has 0 atom stereocenters. The first-order valence-electron chi connectivity index (χ1n) is 9.96. The first-order valence-corrected chi connectivity index (χ1v) is 9.96. The SMILES string of the molecule is CCOc1cccc(CNC(=NC)NCCCNC(=O)C2CCC2)c1OC(F)F. The normalized spacial score (nSPS) is 14.3. The van der Waals surface area contributed by atoms with Gasteiger partial charge in [-0.1, -0.05) is 18.6 Å². The number of nitrogens with one attached hydrogen (secondary N) is 3. The zero-order valence-electron chi connectivity index (χ0n) is 17.0. The van der Waals surface area contributed by atoms with Crippen molar-refractivity contribution in [2.75, 3.05) is 26.7 Å². The quantitative estimate of drug-likeness (QED) is 0.296. The highest BCUT2D eigenvalue weighted by Crippen LogP contribution is 2.32. The monoisotopic (exact) mass is 412 g/mol. The molecule has 1 fully saturated rings. The lowest BCUT2D eigenvalue weighted by Gasteiger charge is -2.24. The van der Waals surface area contributed by atoms with Crippen LogP contribution in [0.1, 0.15) is 38.2 Å². The summed E-state index contributed by atoms with van der Waals surface area (Å²) >= 11 is 0. The van der Waals surface area contributed by atoms with Gasteiger partial charge in [-0.25, -0.2) is 0 Å². The predicted octanol–water partition coefficient (Wildman–Crippen LogP) is 2.66. The van der Waals surface area contributed by atoms with Gasteiger partial charge in [-0.2, -0.15) is 8.78 Å². The Bertz CT molecular complexity index is 682. The van der Waals surface area contributed by atoms with E-state index in [1.54, 1.807) is 32.2 Å². The summed E-state index contributed by atoms with van der Waals surface area (Å²) in [5.74, 6) is 1.15. The highest BCUT2D eigenvalue weighted by Gasteiger charge is 2.24. The van der Waals surface area contributed by atoms with Gasteiger partial charge in [-0.3, -0.25) is 9.79 Å². The molecule has 162 valence electrons. The van der Waals surface area contributed by atoms with Gasteiger partial charge in [-0.15, -0.1) is 0 Å². The zero-order valence-corrected chi connectivity index (χ0v) is 17.0. The van der Waals surface area contributed by atoms with E-state index in [1.807, 2.05) is 0 Å². The van der Waals surface area contributed by atoms with E-state index in [9.17, 15) is 13.6 Å². The average molecular weight is 412 g/mol. The summed E-state index contributed by atoms with van der Waals surface area (Å²) in [5.41, 5.74) is 0.534. The van der Waals surface area contributed by atoms with Gasteiger partial charge in [-0.05, 0) is 32.3 Å². The van der Waals surface area contributed by atoms with Crippen molar-refractivity contribution in [1.29, 1.82) is 0 Å². The maximum absolute atomic E-state index is 12.8. The van der Waals surface area contributed by atoms with E-state index in [4.69, 9.17) is 4.74 Å². The number of aliphatic imine (C=N–C) groups is 1. The highest BCUT2D eigenvalue weighted by molar-refractivity contribution is 5.80. The Labute approximate surface area is 170 Å². The predicted molar refractivity (Wildman–Crippen MR) is 107 cm³/mol. The minimum atomic E-state index is -2.94. The number of hydrogen-bond donors (Lipinski definition) is 3. The standard InChI is InChI=1S/C20H30F2N4O3/c1-3-28-16-10-5-9-15(17(16)29-19(21)22)13-26-20(23-2)25-12-6-11-24-18(27)14-7-4-8-14/h5,9-10,14,19H,3-4,6-8,11-13H2,1-2H3,(H,24,27)(H2,23,25,26). The summed E-state index contributed by atoms with van der Waals surface area (Å²) in [6, 6.07) is 5.01. The van der Waals surface area contributed by atoms with Crippen LogP contribution in [-0.2, 0) is 11.3 Å². The molecule has 1 aromatic carbocycles. The molecule has 1 aromatic rings. The molecule has 0 aliphatic heterocycles. The number of nitrogens with zero attached hydrogens (tertiary/aromatic N) is 1. The van der Waals surface area contributed by atoms with E-state index in [1.165, 1.54) is 0 Å². The Hall–Kier alpha value is -2.58. The van der Waals surface area contributed by atoms with Crippen LogP contribution in [0, 0.1) is 5.92 Å². The van der Waals surface area contributed by atoms with E-state index in [-0.39, 0.29) is 29.9 Å². The smallest absolute Gasteiger partial charge is 0.387 e. The number of benzene rings is 1. The van der Waals surface area contributed by atoms with Gasteiger partial charge in [0.1, 0.15) is 0 Å². The topological polar surface area (TPSA) is 84.0 Å². The van der Waals surface area contributed by atoms with Crippen LogP contribution in [-0.4, -0.2) is 45.2 Å². The first-order chi connectivity index (χ1) is 14.0. The van der Waals surface area contributed by atoms with Gasteiger partial charge in [0, 0.05) is 38.2 Å². The number of halogens is 2. The Morgan fingerprint density at radius 2 is 2.00 bits per heavy atom. The van der Waals surface area contributed by atoms with E-state index < -0.39 is 6.61 Å². The van der Waals surface area contributed by atoms with Crippen LogP contribution in [0.25, 0.3) is 0 Å². The molecule has 0 radical (unpaired) electrons. The average Bonchev–Trinajstić information content (AvgIpc) is 2.64. The Morgan fingerprint density at radius 1 is 1.24 bits per heavy atom. The maximum Gasteiger partial charge on any atom is 0.387 e. The van der Waals surface area contributed by atoms with Crippen LogP contribution >= 0.6 is 0 Å². The number of ether oxygens (including phenoxy) is 2. The van der Waals surface area contributed by atoms with E-state index in [0.29, 0.717) is 31.2 Å². The third-order valence-electron chi connectivity index (χ3n) is 4.66. The zero-order chi connectivity index (χ0) is 21.1. The minimum absolute atomic E-state index is 0.0195. The lowest BCUT2D eigenvalue weighted by Crippen LogP contribution is -2.39. The summed E-state index contributed by atoms with van der Waals surface area (Å²) in [6.07, 6.45) is 3.86. The van der Waals surface area contributed by atoms with Crippen LogP contribution in [0.15, 0.2) is 23.2 Å².